The third-order valence-electron chi connectivity index (χ3n) is 2.99. The van der Waals surface area contributed by atoms with E-state index in [4.69, 9.17) is 0 Å². The second-order valence-corrected chi connectivity index (χ2v) is 5.02. The molecule has 0 radical (unpaired) electrons. The Kier molecular flexibility index (Phi) is 4.14. The van der Waals surface area contributed by atoms with E-state index in [2.05, 4.69) is 24.3 Å². The van der Waals surface area contributed by atoms with Crippen LogP contribution >= 0.6 is 0 Å². The lowest BCUT2D eigenvalue weighted by molar-refractivity contribution is -0.385. The molecule has 1 aromatic carbocycles. The standard InChI is InChI=1S/C14H18N4O2/c1-10(2)15-9-12-6-7-17(16-12)13-5-4-11(3)14(8-13)18(19)20/h4-8,10,15H,9H2,1-3H3. The second kappa shape index (κ2) is 5.83. The Morgan fingerprint density at radius 3 is 2.80 bits per heavy atom. The molecule has 0 spiro atoms. The van der Waals surface area contributed by atoms with E-state index >= 15 is 0 Å². The van der Waals surface area contributed by atoms with Gasteiger partial charge in [0.15, 0.2) is 0 Å². The number of rotatable bonds is 5. The Balaban J connectivity index is 2.24. The van der Waals surface area contributed by atoms with Gasteiger partial charge in [0.2, 0.25) is 0 Å². The van der Waals surface area contributed by atoms with E-state index in [0.717, 1.165) is 5.69 Å². The molecular weight excluding hydrogens is 256 g/mol. The summed E-state index contributed by atoms with van der Waals surface area (Å²) in [6.07, 6.45) is 1.81. The summed E-state index contributed by atoms with van der Waals surface area (Å²) in [7, 11) is 0. The summed E-state index contributed by atoms with van der Waals surface area (Å²) in [4.78, 5) is 10.6. The maximum atomic E-state index is 11.0. The normalized spacial score (nSPS) is 11.0. The zero-order valence-corrected chi connectivity index (χ0v) is 11.8. The number of nitrogens with zero attached hydrogens (tertiary/aromatic N) is 3. The third-order valence-corrected chi connectivity index (χ3v) is 2.99. The maximum Gasteiger partial charge on any atom is 0.274 e. The molecule has 6 heteroatoms. The molecule has 0 aliphatic rings. The van der Waals surface area contributed by atoms with E-state index in [-0.39, 0.29) is 10.6 Å². The number of hydrogen-bond acceptors (Lipinski definition) is 4. The molecule has 0 fully saturated rings. The lowest BCUT2D eigenvalue weighted by Gasteiger charge is -2.05. The minimum absolute atomic E-state index is 0.111. The monoisotopic (exact) mass is 274 g/mol. The van der Waals surface area contributed by atoms with Gasteiger partial charge in [0.25, 0.3) is 5.69 Å². The average Bonchev–Trinajstić information content (AvgIpc) is 2.85. The summed E-state index contributed by atoms with van der Waals surface area (Å²) < 4.78 is 1.66. The van der Waals surface area contributed by atoms with Crippen LogP contribution in [0.3, 0.4) is 0 Å². The first-order chi connectivity index (χ1) is 9.47. The van der Waals surface area contributed by atoms with Gasteiger partial charge in [-0.3, -0.25) is 10.1 Å². The summed E-state index contributed by atoms with van der Waals surface area (Å²) in [5.41, 5.74) is 2.35. The highest BCUT2D eigenvalue weighted by molar-refractivity contribution is 5.48. The van der Waals surface area contributed by atoms with Crippen molar-refractivity contribution in [2.45, 2.75) is 33.4 Å². The molecule has 0 amide bonds. The molecule has 1 heterocycles. The van der Waals surface area contributed by atoms with Crippen molar-refractivity contribution in [1.29, 1.82) is 0 Å². The Morgan fingerprint density at radius 1 is 1.40 bits per heavy atom. The van der Waals surface area contributed by atoms with E-state index in [1.807, 2.05) is 18.3 Å². The lowest BCUT2D eigenvalue weighted by Crippen LogP contribution is -2.22. The van der Waals surface area contributed by atoms with Gasteiger partial charge in [-0.25, -0.2) is 4.68 Å². The minimum atomic E-state index is -0.371. The summed E-state index contributed by atoms with van der Waals surface area (Å²) in [5.74, 6) is 0. The summed E-state index contributed by atoms with van der Waals surface area (Å²) >= 11 is 0. The number of hydrogen-bond donors (Lipinski definition) is 1. The molecule has 0 unspecified atom stereocenters. The van der Waals surface area contributed by atoms with E-state index in [1.165, 1.54) is 0 Å². The van der Waals surface area contributed by atoms with Crippen LogP contribution in [-0.4, -0.2) is 20.7 Å². The quantitative estimate of drug-likeness (QED) is 0.672. The maximum absolute atomic E-state index is 11.0. The van der Waals surface area contributed by atoms with Crippen molar-refractivity contribution in [1.82, 2.24) is 15.1 Å². The van der Waals surface area contributed by atoms with Crippen molar-refractivity contribution in [2.24, 2.45) is 0 Å². The summed E-state index contributed by atoms with van der Waals surface area (Å²) in [6.45, 7) is 6.54. The van der Waals surface area contributed by atoms with Crippen molar-refractivity contribution >= 4 is 5.69 Å². The van der Waals surface area contributed by atoms with Gasteiger partial charge >= 0.3 is 0 Å². The van der Waals surface area contributed by atoms with Gasteiger partial charge in [-0.1, -0.05) is 19.9 Å². The van der Waals surface area contributed by atoms with Crippen LogP contribution in [0.4, 0.5) is 5.69 Å². The number of aryl methyl sites for hydroxylation is 1. The van der Waals surface area contributed by atoms with Gasteiger partial charge in [0.05, 0.1) is 16.3 Å². The molecule has 0 aliphatic heterocycles. The first kappa shape index (κ1) is 14.2. The molecule has 2 rings (SSSR count). The van der Waals surface area contributed by atoms with Crippen LogP contribution in [0.15, 0.2) is 30.5 Å². The van der Waals surface area contributed by atoms with Crippen LogP contribution in [-0.2, 0) is 6.54 Å². The van der Waals surface area contributed by atoms with E-state index in [9.17, 15) is 10.1 Å². The van der Waals surface area contributed by atoms with Crippen LogP contribution in [0.2, 0.25) is 0 Å². The highest BCUT2D eigenvalue weighted by atomic mass is 16.6. The van der Waals surface area contributed by atoms with Crippen LogP contribution in [0.5, 0.6) is 0 Å². The third kappa shape index (κ3) is 3.21. The fraction of sp³-hybridized carbons (Fsp3) is 0.357. The molecule has 0 saturated heterocycles. The van der Waals surface area contributed by atoms with Gasteiger partial charge in [0, 0.05) is 30.4 Å². The van der Waals surface area contributed by atoms with E-state index in [1.54, 1.807) is 23.7 Å². The molecule has 1 aromatic heterocycles. The zero-order chi connectivity index (χ0) is 14.7. The summed E-state index contributed by atoms with van der Waals surface area (Å²) in [5, 5.41) is 18.6. The molecular formula is C14H18N4O2. The molecule has 6 nitrogen and oxygen atoms in total. The highest BCUT2D eigenvalue weighted by Crippen LogP contribution is 2.21. The van der Waals surface area contributed by atoms with E-state index in [0.29, 0.717) is 23.8 Å². The number of nitro groups is 1. The first-order valence-electron chi connectivity index (χ1n) is 6.50. The van der Waals surface area contributed by atoms with Crippen molar-refractivity contribution in [3.05, 3.63) is 51.8 Å². The van der Waals surface area contributed by atoms with Gasteiger partial charge in [-0.05, 0) is 19.1 Å². The Hall–Kier alpha value is -2.21. The molecule has 0 saturated carbocycles. The van der Waals surface area contributed by atoms with E-state index < -0.39 is 0 Å². The van der Waals surface area contributed by atoms with Gasteiger partial charge < -0.3 is 5.32 Å². The topological polar surface area (TPSA) is 73.0 Å². The van der Waals surface area contributed by atoms with Crippen molar-refractivity contribution < 1.29 is 4.92 Å². The van der Waals surface area contributed by atoms with Gasteiger partial charge in [0.1, 0.15) is 0 Å². The fourth-order valence-corrected chi connectivity index (χ4v) is 1.85. The van der Waals surface area contributed by atoms with Crippen LogP contribution < -0.4 is 5.32 Å². The Labute approximate surface area is 117 Å². The fourth-order valence-electron chi connectivity index (χ4n) is 1.85. The second-order valence-electron chi connectivity index (χ2n) is 5.02. The Bertz CT molecular complexity index is 619. The van der Waals surface area contributed by atoms with Crippen molar-refractivity contribution in [3.63, 3.8) is 0 Å². The highest BCUT2D eigenvalue weighted by Gasteiger charge is 2.12. The predicted molar refractivity (Wildman–Crippen MR) is 76.9 cm³/mol. The zero-order valence-electron chi connectivity index (χ0n) is 11.8. The SMILES string of the molecule is Cc1ccc(-n2ccc(CNC(C)C)n2)cc1[N+](=O)[O-]. The predicted octanol–water partition coefficient (Wildman–Crippen LogP) is 2.59. The number of nitro benzene ring substituents is 1. The first-order valence-corrected chi connectivity index (χ1v) is 6.50. The average molecular weight is 274 g/mol. The molecule has 0 aliphatic carbocycles. The van der Waals surface area contributed by atoms with Crippen LogP contribution in [0, 0.1) is 17.0 Å². The molecule has 106 valence electrons. The molecule has 20 heavy (non-hydrogen) atoms. The molecule has 0 bridgehead atoms. The largest absolute Gasteiger partial charge is 0.309 e. The van der Waals surface area contributed by atoms with Crippen LogP contribution in [0.1, 0.15) is 25.1 Å². The van der Waals surface area contributed by atoms with Crippen molar-refractivity contribution in [3.8, 4) is 5.69 Å². The molecule has 0 atom stereocenters. The lowest BCUT2D eigenvalue weighted by atomic mass is 10.2. The van der Waals surface area contributed by atoms with Gasteiger partial charge in [-0.15, -0.1) is 0 Å². The Morgan fingerprint density at radius 2 is 2.15 bits per heavy atom. The van der Waals surface area contributed by atoms with Gasteiger partial charge in [-0.2, -0.15) is 5.10 Å². The number of benzene rings is 1. The number of nitrogens with one attached hydrogen (secondary N) is 1. The smallest absolute Gasteiger partial charge is 0.274 e. The van der Waals surface area contributed by atoms with Crippen molar-refractivity contribution in [2.75, 3.05) is 0 Å². The van der Waals surface area contributed by atoms with Crippen LogP contribution in [0.25, 0.3) is 5.69 Å². The minimum Gasteiger partial charge on any atom is -0.309 e. The molecule has 1 N–H and O–H groups in total. The number of aromatic nitrogens is 2. The molecule has 2 aromatic rings. The summed E-state index contributed by atoms with van der Waals surface area (Å²) in [6, 6.07) is 7.40.